The Labute approximate surface area is 99.4 Å². The third-order valence-electron chi connectivity index (χ3n) is 2.25. The van der Waals surface area contributed by atoms with E-state index in [-0.39, 0.29) is 17.2 Å². The highest BCUT2D eigenvalue weighted by Crippen LogP contribution is 1.99. The number of nitrogens with two attached hydrogens (primary N) is 1. The molecule has 0 saturated heterocycles. The highest BCUT2D eigenvalue weighted by atomic mass is 16.5. The van der Waals surface area contributed by atoms with E-state index in [1.165, 1.54) is 6.07 Å². The van der Waals surface area contributed by atoms with Crippen LogP contribution in [-0.4, -0.2) is 49.1 Å². The predicted molar refractivity (Wildman–Crippen MR) is 63.9 cm³/mol. The number of carbonyl (C=O) groups is 1. The summed E-state index contributed by atoms with van der Waals surface area (Å²) >= 11 is 0. The van der Waals surface area contributed by atoms with Crippen LogP contribution in [0.4, 0.5) is 0 Å². The summed E-state index contributed by atoms with van der Waals surface area (Å²) in [6.07, 6.45) is 0. The number of nitrogens with one attached hydrogen (secondary N) is 1. The van der Waals surface area contributed by atoms with Crippen molar-refractivity contribution in [2.24, 2.45) is 5.73 Å². The van der Waals surface area contributed by atoms with E-state index in [0.29, 0.717) is 26.2 Å². The van der Waals surface area contributed by atoms with Crippen molar-refractivity contribution in [3.05, 3.63) is 34.2 Å². The van der Waals surface area contributed by atoms with Crippen LogP contribution in [0.3, 0.4) is 0 Å². The molecule has 6 heteroatoms. The van der Waals surface area contributed by atoms with E-state index in [4.69, 9.17) is 10.5 Å². The molecule has 0 atom stereocenters. The lowest BCUT2D eigenvalue weighted by atomic mass is 10.3. The highest BCUT2D eigenvalue weighted by Gasteiger charge is 2.15. The molecule has 0 aliphatic carbocycles. The number of aromatic nitrogens is 1. The first-order chi connectivity index (χ1) is 8.19. The molecule has 1 heterocycles. The molecule has 0 fully saturated rings. The number of rotatable bonds is 6. The number of hydrogen-bond donors (Lipinski definition) is 2. The largest absolute Gasteiger partial charge is 0.383 e. The average Bonchev–Trinajstić information content (AvgIpc) is 2.33. The van der Waals surface area contributed by atoms with E-state index >= 15 is 0 Å². The number of H-pyrrole nitrogens is 1. The van der Waals surface area contributed by atoms with Crippen molar-refractivity contribution in [3.8, 4) is 0 Å². The lowest BCUT2D eigenvalue weighted by molar-refractivity contribution is 0.0695. The van der Waals surface area contributed by atoms with Crippen molar-refractivity contribution >= 4 is 5.91 Å². The standard InChI is InChI=1S/C11H17N3O3/c1-17-8-7-14(6-5-12)11(16)9-3-2-4-10(15)13-9/h2-4H,5-8,12H2,1H3,(H,13,15). The Hall–Kier alpha value is -1.66. The van der Waals surface area contributed by atoms with Crippen LogP contribution in [0, 0.1) is 0 Å². The first-order valence-electron chi connectivity index (χ1n) is 5.36. The molecule has 1 rings (SSSR count). The highest BCUT2D eigenvalue weighted by molar-refractivity contribution is 5.92. The Bertz CT molecular complexity index is 416. The molecule has 0 aliphatic rings. The van der Waals surface area contributed by atoms with Gasteiger partial charge >= 0.3 is 0 Å². The van der Waals surface area contributed by atoms with Gasteiger partial charge in [0, 0.05) is 32.8 Å². The molecule has 1 aromatic heterocycles. The maximum atomic E-state index is 12.0. The SMILES string of the molecule is COCCN(CCN)C(=O)c1cccc(=O)[nH]1. The van der Waals surface area contributed by atoms with Crippen LogP contribution in [0.1, 0.15) is 10.5 Å². The molecule has 0 aromatic carbocycles. The molecule has 94 valence electrons. The first kappa shape index (κ1) is 13.4. The van der Waals surface area contributed by atoms with Gasteiger partial charge in [0.05, 0.1) is 6.61 Å². The van der Waals surface area contributed by atoms with Gasteiger partial charge in [0.2, 0.25) is 5.56 Å². The van der Waals surface area contributed by atoms with Crippen LogP contribution in [0.2, 0.25) is 0 Å². The van der Waals surface area contributed by atoms with Crippen molar-refractivity contribution in [1.29, 1.82) is 0 Å². The van der Waals surface area contributed by atoms with Crippen LogP contribution < -0.4 is 11.3 Å². The molecule has 0 unspecified atom stereocenters. The smallest absolute Gasteiger partial charge is 0.270 e. The number of nitrogens with zero attached hydrogens (tertiary/aromatic N) is 1. The molecule has 0 radical (unpaired) electrons. The lowest BCUT2D eigenvalue weighted by Crippen LogP contribution is -2.38. The molecule has 1 amide bonds. The molecular formula is C11H17N3O3. The summed E-state index contributed by atoms with van der Waals surface area (Å²) in [7, 11) is 1.56. The van der Waals surface area contributed by atoms with Crippen molar-refractivity contribution < 1.29 is 9.53 Å². The Morgan fingerprint density at radius 2 is 2.24 bits per heavy atom. The van der Waals surface area contributed by atoms with Crippen LogP contribution >= 0.6 is 0 Å². The number of carbonyl (C=O) groups excluding carboxylic acids is 1. The summed E-state index contributed by atoms with van der Waals surface area (Å²) in [6, 6.07) is 4.47. The van der Waals surface area contributed by atoms with Gasteiger partial charge in [-0.05, 0) is 6.07 Å². The Kier molecular flexibility index (Phi) is 5.38. The monoisotopic (exact) mass is 239 g/mol. The van der Waals surface area contributed by atoms with Crippen molar-refractivity contribution in [2.75, 3.05) is 33.4 Å². The van der Waals surface area contributed by atoms with Crippen LogP contribution in [-0.2, 0) is 4.74 Å². The maximum Gasteiger partial charge on any atom is 0.270 e. The molecule has 6 nitrogen and oxygen atoms in total. The van der Waals surface area contributed by atoms with Gasteiger partial charge in [-0.3, -0.25) is 9.59 Å². The van der Waals surface area contributed by atoms with Gasteiger partial charge in [-0.15, -0.1) is 0 Å². The molecule has 17 heavy (non-hydrogen) atoms. The number of pyridine rings is 1. The van der Waals surface area contributed by atoms with Gasteiger partial charge in [0.25, 0.3) is 5.91 Å². The van der Waals surface area contributed by atoms with E-state index < -0.39 is 0 Å². The number of hydrogen-bond acceptors (Lipinski definition) is 4. The summed E-state index contributed by atoms with van der Waals surface area (Å²) < 4.78 is 4.92. The van der Waals surface area contributed by atoms with Gasteiger partial charge in [-0.2, -0.15) is 0 Å². The minimum Gasteiger partial charge on any atom is -0.383 e. The van der Waals surface area contributed by atoms with E-state index in [1.54, 1.807) is 24.1 Å². The fourth-order valence-corrected chi connectivity index (χ4v) is 1.42. The number of amides is 1. The second-order valence-electron chi connectivity index (χ2n) is 3.50. The van der Waals surface area contributed by atoms with E-state index in [1.807, 2.05) is 0 Å². The Morgan fingerprint density at radius 3 is 2.82 bits per heavy atom. The number of methoxy groups -OCH3 is 1. The normalized spacial score (nSPS) is 10.2. The topological polar surface area (TPSA) is 88.4 Å². The van der Waals surface area contributed by atoms with Gasteiger partial charge in [0.1, 0.15) is 5.69 Å². The van der Waals surface area contributed by atoms with Crippen molar-refractivity contribution in [2.45, 2.75) is 0 Å². The van der Waals surface area contributed by atoms with Crippen molar-refractivity contribution in [3.63, 3.8) is 0 Å². The Balaban J connectivity index is 2.79. The fourth-order valence-electron chi connectivity index (χ4n) is 1.42. The van der Waals surface area contributed by atoms with Crippen LogP contribution in [0.5, 0.6) is 0 Å². The Morgan fingerprint density at radius 1 is 1.47 bits per heavy atom. The molecule has 0 spiro atoms. The average molecular weight is 239 g/mol. The zero-order chi connectivity index (χ0) is 12.7. The van der Waals surface area contributed by atoms with Gasteiger partial charge in [-0.25, -0.2) is 0 Å². The molecule has 0 aliphatic heterocycles. The van der Waals surface area contributed by atoms with Crippen molar-refractivity contribution in [1.82, 2.24) is 9.88 Å². The summed E-state index contributed by atoms with van der Waals surface area (Å²) in [6.45, 7) is 1.68. The van der Waals surface area contributed by atoms with Crippen LogP contribution in [0.25, 0.3) is 0 Å². The summed E-state index contributed by atoms with van der Waals surface area (Å²) in [5, 5.41) is 0. The second-order valence-corrected chi connectivity index (χ2v) is 3.50. The number of aromatic amines is 1. The van der Waals surface area contributed by atoms with Gasteiger partial charge in [-0.1, -0.05) is 6.07 Å². The van der Waals surface area contributed by atoms with E-state index in [2.05, 4.69) is 4.98 Å². The summed E-state index contributed by atoms with van der Waals surface area (Å²) in [5.41, 5.74) is 5.41. The van der Waals surface area contributed by atoms with Crippen LogP contribution in [0.15, 0.2) is 23.0 Å². The second kappa shape index (κ2) is 6.82. The van der Waals surface area contributed by atoms with E-state index in [9.17, 15) is 9.59 Å². The molecule has 0 bridgehead atoms. The molecule has 3 N–H and O–H groups in total. The molecule has 0 saturated carbocycles. The molecular weight excluding hydrogens is 222 g/mol. The lowest BCUT2D eigenvalue weighted by Gasteiger charge is -2.21. The third kappa shape index (κ3) is 4.01. The third-order valence-corrected chi connectivity index (χ3v) is 2.25. The summed E-state index contributed by atoms with van der Waals surface area (Å²) in [4.78, 5) is 27.2. The minimum atomic E-state index is -0.296. The number of ether oxygens (including phenoxy) is 1. The fraction of sp³-hybridized carbons (Fsp3) is 0.455. The summed E-state index contributed by atoms with van der Waals surface area (Å²) in [5.74, 6) is -0.245. The van der Waals surface area contributed by atoms with Gasteiger partial charge in [0.15, 0.2) is 0 Å². The van der Waals surface area contributed by atoms with Gasteiger partial charge < -0.3 is 20.4 Å². The zero-order valence-electron chi connectivity index (χ0n) is 9.81. The zero-order valence-corrected chi connectivity index (χ0v) is 9.81. The van der Waals surface area contributed by atoms with E-state index in [0.717, 1.165) is 0 Å². The first-order valence-corrected chi connectivity index (χ1v) is 5.36. The molecule has 1 aromatic rings. The minimum absolute atomic E-state index is 0.245. The predicted octanol–water partition coefficient (Wildman–Crippen LogP) is -0.578. The quantitative estimate of drug-likeness (QED) is 0.695. The maximum absolute atomic E-state index is 12.0.